The predicted molar refractivity (Wildman–Crippen MR) is 163 cm³/mol. The maximum absolute atomic E-state index is 13.5. The van der Waals surface area contributed by atoms with Gasteiger partial charge in [-0.05, 0) is 56.0 Å². The van der Waals surface area contributed by atoms with E-state index in [9.17, 15) is 9.59 Å². The van der Waals surface area contributed by atoms with E-state index in [1.165, 1.54) is 0 Å². The molecule has 2 amide bonds. The summed E-state index contributed by atoms with van der Waals surface area (Å²) in [4.78, 5) is 44.2. The highest BCUT2D eigenvalue weighted by Gasteiger charge is 2.35. The summed E-state index contributed by atoms with van der Waals surface area (Å²) in [6, 6.07) is 8.84. The second-order valence-corrected chi connectivity index (χ2v) is 11.6. The number of hydrogen-bond donors (Lipinski definition) is 2. The molecular weight excluding hydrogens is 570 g/mol. The number of hydrogen-bond acceptors (Lipinski definition) is 9. The van der Waals surface area contributed by atoms with Gasteiger partial charge in [-0.1, -0.05) is 23.7 Å². The summed E-state index contributed by atoms with van der Waals surface area (Å²) in [5.74, 6) is 0.939. The second kappa shape index (κ2) is 12.8. The fourth-order valence-electron chi connectivity index (χ4n) is 5.67. The molecule has 2 N–H and O–H groups in total. The number of pyridine rings is 1. The van der Waals surface area contributed by atoms with Gasteiger partial charge in [0.15, 0.2) is 0 Å². The van der Waals surface area contributed by atoms with Crippen molar-refractivity contribution in [3.63, 3.8) is 0 Å². The first-order chi connectivity index (χ1) is 20.9. The predicted octanol–water partition coefficient (Wildman–Crippen LogP) is 3.84. The molecule has 6 rings (SSSR count). The zero-order chi connectivity index (χ0) is 29.9. The fraction of sp³-hybridized carbons (Fsp3) is 0.452. The molecule has 0 saturated carbocycles. The number of anilines is 2. The minimum atomic E-state index is -0.663. The number of carbonyl (C=O) groups is 2. The number of nitrogens with zero attached hydrogens (tertiary/aromatic N) is 5. The number of amides is 2. The molecule has 2 aromatic heterocycles. The van der Waals surface area contributed by atoms with E-state index >= 15 is 0 Å². The van der Waals surface area contributed by atoms with Crippen molar-refractivity contribution in [3.8, 4) is 11.3 Å². The molecular formula is C31H36ClN7O4. The summed E-state index contributed by atoms with van der Waals surface area (Å²) in [6.45, 7) is 8.36. The third-order valence-electron chi connectivity index (χ3n) is 8.32. The summed E-state index contributed by atoms with van der Waals surface area (Å²) in [5, 5.41) is 6.85. The van der Waals surface area contributed by atoms with E-state index in [2.05, 4.69) is 30.5 Å². The Bertz CT molecular complexity index is 1490. The Kier molecular flexibility index (Phi) is 8.73. The maximum atomic E-state index is 13.5. The highest BCUT2D eigenvalue weighted by Crippen LogP contribution is 2.32. The van der Waals surface area contributed by atoms with E-state index < -0.39 is 6.04 Å². The van der Waals surface area contributed by atoms with E-state index in [1.54, 1.807) is 24.2 Å². The normalized spacial score (nSPS) is 18.7. The summed E-state index contributed by atoms with van der Waals surface area (Å²) in [6.07, 6.45) is 5.10. The number of aromatic nitrogens is 3. The van der Waals surface area contributed by atoms with Gasteiger partial charge in [0.25, 0.3) is 5.91 Å². The van der Waals surface area contributed by atoms with Gasteiger partial charge in [-0.15, -0.1) is 0 Å². The van der Waals surface area contributed by atoms with E-state index in [-0.39, 0.29) is 23.9 Å². The lowest BCUT2D eigenvalue weighted by Crippen LogP contribution is -2.45. The van der Waals surface area contributed by atoms with Gasteiger partial charge in [0.1, 0.15) is 11.9 Å². The van der Waals surface area contributed by atoms with Crippen LogP contribution in [0.4, 0.5) is 11.8 Å². The molecule has 11 nitrogen and oxygen atoms in total. The van der Waals surface area contributed by atoms with Crippen LogP contribution in [0.25, 0.3) is 11.3 Å². The number of nitrogens with one attached hydrogen (secondary N) is 2. The van der Waals surface area contributed by atoms with Crippen LogP contribution in [0.15, 0.2) is 42.7 Å². The molecule has 3 aliphatic heterocycles. The van der Waals surface area contributed by atoms with Crippen LogP contribution in [0.1, 0.15) is 54.2 Å². The van der Waals surface area contributed by atoms with Crippen LogP contribution in [0.5, 0.6) is 0 Å². The summed E-state index contributed by atoms with van der Waals surface area (Å²) >= 11 is 6.50. The number of carbonyl (C=O) groups excluding carboxylic acids is 2. The van der Waals surface area contributed by atoms with E-state index in [0.29, 0.717) is 55.2 Å². The van der Waals surface area contributed by atoms with Gasteiger partial charge in [0.05, 0.1) is 36.2 Å². The molecule has 0 bridgehead atoms. The van der Waals surface area contributed by atoms with Crippen LogP contribution in [-0.4, -0.2) is 83.3 Å². The van der Waals surface area contributed by atoms with Crippen LogP contribution in [0.2, 0.25) is 5.02 Å². The highest BCUT2D eigenvalue weighted by molar-refractivity contribution is 6.33. The second-order valence-electron chi connectivity index (χ2n) is 11.2. The molecule has 43 heavy (non-hydrogen) atoms. The molecule has 0 radical (unpaired) electrons. The van der Waals surface area contributed by atoms with Crippen molar-refractivity contribution in [2.75, 3.05) is 49.7 Å². The minimum Gasteiger partial charge on any atom is -0.381 e. The fourth-order valence-corrected chi connectivity index (χ4v) is 5.88. The molecule has 226 valence electrons. The lowest BCUT2D eigenvalue weighted by molar-refractivity contribution is -0.125. The van der Waals surface area contributed by atoms with Crippen LogP contribution >= 0.6 is 11.6 Å². The largest absolute Gasteiger partial charge is 0.381 e. The van der Waals surface area contributed by atoms with Crippen LogP contribution in [0, 0.1) is 0 Å². The summed E-state index contributed by atoms with van der Waals surface area (Å²) in [7, 11) is 0. The van der Waals surface area contributed by atoms with Gasteiger partial charge in [-0.3, -0.25) is 9.59 Å². The SMILES string of the molecule is C[C@@H](NC(=O)[C@H](C)N1Cc2ccc(-c3nc(NC4CCOCC4)ncc3Cl)cc2C1=O)c1ccnc(N2CCOCC2)c1. The Labute approximate surface area is 255 Å². The molecule has 5 heterocycles. The third-order valence-corrected chi connectivity index (χ3v) is 8.60. The van der Waals surface area contributed by atoms with Crippen molar-refractivity contribution in [3.05, 3.63) is 64.4 Å². The van der Waals surface area contributed by atoms with Crippen molar-refractivity contribution in [1.29, 1.82) is 0 Å². The summed E-state index contributed by atoms with van der Waals surface area (Å²) in [5.41, 5.74) is 3.62. The van der Waals surface area contributed by atoms with E-state index in [4.69, 9.17) is 21.1 Å². The lowest BCUT2D eigenvalue weighted by Gasteiger charge is -2.29. The van der Waals surface area contributed by atoms with Crippen LogP contribution in [-0.2, 0) is 20.8 Å². The first-order valence-electron chi connectivity index (χ1n) is 14.8. The number of benzene rings is 1. The number of halogens is 1. The number of morpholine rings is 1. The summed E-state index contributed by atoms with van der Waals surface area (Å²) < 4.78 is 10.9. The Morgan fingerprint density at radius 3 is 2.60 bits per heavy atom. The highest BCUT2D eigenvalue weighted by atomic mass is 35.5. The topological polar surface area (TPSA) is 122 Å². The molecule has 0 spiro atoms. The van der Waals surface area contributed by atoms with Gasteiger partial charge < -0.3 is 29.9 Å². The Morgan fingerprint density at radius 2 is 1.81 bits per heavy atom. The Morgan fingerprint density at radius 1 is 1.05 bits per heavy atom. The number of rotatable bonds is 8. The van der Waals surface area contributed by atoms with Gasteiger partial charge in [0, 0.05) is 56.2 Å². The molecule has 1 aromatic carbocycles. The maximum Gasteiger partial charge on any atom is 0.255 e. The first kappa shape index (κ1) is 29.3. The Hall–Kier alpha value is -3.80. The van der Waals surface area contributed by atoms with Crippen molar-refractivity contribution in [2.24, 2.45) is 0 Å². The monoisotopic (exact) mass is 605 g/mol. The standard InChI is InChI=1S/C31H36ClN7O4/c1-19(21-5-8-33-27(16-21)38-9-13-43-14-10-38)35-29(40)20(2)39-18-23-4-3-22(15-25(23)30(39)41)28-26(32)17-34-31(37-28)36-24-6-11-42-12-7-24/h3-5,8,15-17,19-20,24H,6-7,9-14,18H2,1-2H3,(H,35,40)(H,34,36,37)/t19-,20+/m1/s1. The molecule has 12 heteroatoms. The molecule has 2 saturated heterocycles. The van der Waals surface area contributed by atoms with Crippen molar-refractivity contribution < 1.29 is 19.1 Å². The smallest absolute Gasteiger partial charge is 0.255 e. The van der Waals surface area contributed by atoms with Gasteiger partial charge >= 0.3 is 0 Å². The van der Waals surface area contributed by atoms with Gasteiger partial charge in [0.2, 0.25) is 11.9 Å². The quantitative estimate of drug-likeness (QED) is 0.394. The minimum absolute atomic E-state index is 0.198. The molecule has 0 aliphatic carbocycles. The Balaban J connectivity index is 1.13. The first-order valence-corrected chi connectivity index (χ1v) is 15.2. The third kappa shape index (κ3) is 6.43. The van der Waals surface area contributed by atoms with Crippen LogP contribution < -0.4 is 15.5 Å². The zero-order valence-corrected chi connectivity index (χ0v) is 25.1. The number of fused-ring (bicyclic) bond motifs is 1. The average molecular weight is 606 g/mol. The van der Waals surface area contributed by atoms with Gasteiger partial charge in [-0.2, -0.15) is 0 Å². The molecule has 2 atom stereocenters. The van der Waals surface area contributed by atoms with E-state index in [0.717, 1.165) is 48.4 Å². The van der Waals surface area contributed by atoms with Crippen molar-refractivity contribution in [1.82, 2.24) is 25.2 Å². The molecule has 3 aromatic rings. The molecule has 2 fully saturated rings. The van der Waals surface area contributed by atoms with Crippen molar-refractivity contribution >= 4 is 35.2 Å². The van der Waals surface area contributed by atoms with Crippen molar-refractivity contribution in [2.45, 2.75) is 51.4 Å². The lowest BCUT2D eigenvalue weighted by atomic mass is 10.0. The van der Waals surface area contributed by atoms with Gasteiger partial charge in [-0.25, -0.2) is 15.0 Å². The van der Waals surface area contributed by atoms with E-state index in [1.807, 2.05) is 37.3 Å². The van der Waals surface area contributed by atoms with Crippen LogP contribution in [0.3, 0.4) is 0 Å². The average Bonchev–Trinajstić information content (AvgIpc) is 3.37. The number of ether oxygens (including phenoxy) is 2. The molecule has 3 aliphatic rings. The zero-order valence-electron chi connectivity index (χ0n) is 24.4. The molecule has 0 unspecified atom stereocenters.